The molecule has 0 atom stereocenters. The summed E-state index contributed by atoms with van der Waals surface area (Å²) in [7, 11) is 0. The molecule has 0 saturated carbocycles. The lowest BCUT2D eigenvalue weighted by Crippen LogP contribution is -1.93. The number of H-pyrrole nitrogens is 1. The van der Waals surface area contributed by atoms with Gasteiger partial charge in [0.1, 0.15) is 5.82 Å². The predicted octanol–water partition coefficient (Wildman–Crippen LogP) is 3.57. The summed E-state index contributed by atoms with van der Waals surface area (Å²) in [5, 5.41) is 7.30. The zero-order chi connectivity index (χ0) is 13.8. The number of hydrogen-bond donors (Lipinski definition) is 1. The summed E-state index contributed by atoms with van der Waals surface area (Å²) in [6.45, 7) is 2.10. The molecule has 0 aliphatic heterocycles. The molecule has 20 heavy (non-hydrogen) atoms. The number of nitrogens with one attached hydrogen (secondary N) is 1. The number of benzene rings is 2. The van der Waals surface area contributed by atoms with Crippen LogP contribution in [0.25, 0.3) is 11.4 Å². The van der Waals surface area contributed by atoms with Crippen LogP contribution in [0.4, 0.5) is 0 Å². The van der Waals surface area contributed by atoms with Crippen molar-refractivity contribution >= 4 is 0 Å². The van der Waals surface area contributed by atoms with Crippen LogP contribution < -0.4 is 0 Å². The molecule has 1 N–H and O–H groups in total. The van der Waals surface area contributed by atoms with Crippen molar-refractivity contribution in [1.82, 2.24) is 15.2 Å². The van der Waals surface area contributed by atoms with Crippen molar-refractivity contribution in [1.29, 1.82) is 0 Å². The maximum absolute atomic E-state index is 4.55. The second-order valence-corrected chi connectivity index (χ2v) is 4.96. The Balaban J connectivity index is 1.67. The molecule has 0 radical (unpaired) electrons. The summed E-state index contributed by atoms with van der Waals surface area (Å²) in [5.41, 5.74) is 3.67. The lowest BCUT2D eigenvalue weighted by Gasteiger charge is -1.99. The van der Waals surface area contributed by atoms with Crippen molar-refractivity contribution in [3.05, 3.63) is 71.5 Å². The molecule has 0 aliphatic rings. The monoisotopic (exact) mass is 263 g/mol. The van der Waals surface area contributed by atoms with Crippen LogP contribution in [0.3, 0.4) is 0 Å². The molecule has 0 saturated heterocycles. The van der Waals surface area contributed by atoms with Gasteiger partial charge in [-0.05, 0) is 18.9 Å². The van der Waals surface area contributed by atoms with Crippen molar-refractivity contribution in [2.24, 2.45) is 0 Å². The molecular formula is C17H17N3. The van der Waals surface area contributed by atoms with E-state index in [-0.39, 0.29) is 0 Å². The number of rotatable bonds is 4. The van der Waals surface area contributed by atoms with E-state index in [0.717, 1.165) is 30.1 Å². The third-order valence-electron chi connectivity index (χ3n) is 3.33. The van der Waals surface area contributed by atoms with Crippen LogP contribution in [0.15, 0.2) is 54.6 Å². The Morgan fingerprint density at radius 2 is 1.65 bits per heavy atom. The smallest absolute Gasteiger partial charge is 0.181 e. The van der Waals surface area contributed by atoms with E-state index in [9.17, 15) is 0 Å². The van der Waals surface area contributed by atoms with Gasteiger partial charge in [-0.2, -0.15) is 5.10 Å². The minimum Gasteiger partial charge on any atom is -0.263 e. The van der Waals surface area contributed by atoms with Crippen LogP contribution in [0.2, 0.25) is 0 Å². The Hall–Kier alpha value is -2.42. The van der Waals surface area contributed by atoms with E-state index < -0.39 is 0 Å². The highest BCUT2D eigenvalue weighted by atomic mass is 15.2. The van der Waals surface area contributed by atoms with E-state index in [0.29, 0.717) is 0 Å². The first-order chi connectivity index (χ1) is 9.81. The molecule has 2 aromatic carbocycles. The standard InChI is InChI=1S/C17H17N3/c1-13-7-9-14(10-8-13)11-12-16-18-17(20-19-16)15-5-3-2-4-6-15/h2-10H,11-12H2,1H3,(H,18,19,20). The number of hydrogen-bond acceptors (Lipinski definition) is 2. The topological polar surface area (TPSA) is 41.6 Å². The quantitative estimate of drug-likeness (QED) is 0.782. The average molecular weight is 263 g/mol. The molecule has 3 heteroatoms. The summed E-state index contributed by atoms with van der Waals surface area (Å²) >= 11 is 0. The van der Waals surface area contributed by atoms with E-state index in [1.54, 1.807) is 0 Å². The Bertz CT molecular complexity index is 669. The molecule has 1 aromatic heterocycles. The highest BCUT2D eigenvalue weighted by molar-refractivity contribution is 5.53. The van der Waals surface area contributed by atoms with Gasteiger partial charge in [0.2, 0.25) is 0 Å². The minimum atomic E-state index is 0.768. The highest BCUT2D eigenvalue weighted by Crippen LogP contribution is 2.14. The molecule has 3 aromatic rings. The number of aromatic amines is 1. The summed E-state index contributed by atoms with van der Waals surface area (Å²) in [6.07, 6.45) is 1.85. The van der Waals surface area contributed by atoms with Gasteiger partial charge in [0.25, 0.3) is 0 Å². The molecule has 1 heterocycles. The van der Waals surface area contributed by atoms with Crippen LogP contribution in [0, 0.1) is 6.92 Å². The fourth-order valence-corrected chi connectivity index (χ4v) is 2.14. The van der Waals surface area contributed by atoms with Gasteiger partial charge in [0.15, 0.2) is 5.82 Å². The van der Waals surface area contributed by atoms with Crippen molar-refractivity contribution < 1.29 is 0 Å². The third kappa shape index (κ3) is 2.94. The Morgan fingerprint density at radius 3 is 2.40 bits per heavy atom. The first kappa shape index (κ1) is 12.6. The highest BCUT2D eigenvalue weighted by Gasteiger charge is 2.05. The molecular weight excluding hydrogens is 246 g/mol. The Labute approximate surface area is 118 Å². The van der Waals surface area contributed by atoms with Crippen LogP contribution in [-0.4, -0.2) is 15.2 Å². The Kier molecular flexibility index (Phi) is 3.59. The van der Waals surface area contributed by atoms with Gasteiger partial charge in [0, 0.05) is 12.0 Å². The molecule has 3 rings (SSSR count). The maximum atomic E-state index is 4.55. The molecule has 0 unspecified atom stereocenters. The largest absolute Gasteiger partial charge is 0.263 e. The average Bonchev–Trinajstić information content (AvgIpc) is 2.97. The van der Waals surface area contributed by atoms with Gasteiger partial charge < -0.3 is 0 Å². The second kappa shape index (κ2) is 5.70. The van der Waals surface area contributed by atoms with Crippen molar-refractivity contribution in [3.63, 3.8) is 0 Å². The molecule has 0 amide bonds. The third-order valence-corrected chi connectivity index (χ3v) is 3.33. The predicted molar refractivity (Wildman–Crippen MR) is 80.4 cm³/mol. The van der Waals surface area contributed by atoms with E-state index in [4.69, 9.17) is 0 Å². The van der Waals surface area contributed by atoms with Crippen LogP contribution >= 0.6 is 0 Å². The normalized spacial score (nSPS) is 10.7. The molecule has 0 spiro atoms. The number of aryl methyl sites for hydroxylation is 3. The lowest BCUT2D eigenvalue weighted by molar-refractivity contribution is 0.864. The molecule has 0 fully saturated rings. The van der Waals surface area contributed by atoms with Gasteiger partial charge in [-0.15, -0.1) is 0 Å². The minimum absolute atomic E-state index is 0.768. The summed E-state index contributed by atoms with van der Waals surface area (Å²) < 4.78 is 0. The first-order valence-corrected chi connectivity index (χ1v) is 6.83. The Morgan fingerprint density at radius 1 is 0.900 bits per heavy atom. The lowest BCUT2D eigenvalue weighted by atomic mass is 10.1. The fraction of sp³-hybridized carbons (Fsp3) is 0.176. The zero-order valence-corrected chi connectivity index (χ0v) is 11.5. The molecule has 3 nitrogen and oxygen atoms in total. The summed E-state index contributed by atoms with van der Waals surface area (Å²) in [4.78, 5) is 4.55. The zero-order valence-electron chi connectivity index (χ0n) is 11.5. The SMILES string of the molecule is Cc1ccc(CCc2nc(-c3ccccc3)n[nH]2)cc1. The second-order valence-electron chi connectivity index (χ2n) is 4.96. The molecule has 0 aliphatic carbocycles. The van der Waals surface area contributed by atoms with Gasteiger partial charge >= 0.3 is 0 Å². The van der Waals surface area contributed by atoms with E-state index >= 15 is 0 Å². The van der Waals surface area contributed by atoms with Gasteiger partial charge in [0.05, 0.1) is 0 Å². The van der Waals surface area contributed by atoms with E-state index in [2.05, 4.69) is 46.4 Å². The maximum Gasteiger partial charge on any atom is 0.181 e. The van der Waals surface area contributed by atoms with Crippen LogP contribution in [-0.2, 0) is 12.8 Å². The summed E-state index contributed by atoms with van der Waals surface area (Å²) in [5.74, 6) is 1.70. The molecule has 100 valence electrons. The first-order valence-electron chi connectivity index (χ1n) is 6.83. The molecule has 0 bridgehead atoms. The van der Waals surface area contributed by atoms with E-state index in [1.807, 2.05) is 30.3 Å². The van der Waals surface area contributed by atoms with Crippen molar-refractivity contribution in [3.8, 4) is 11.4 Å². The summed E-state index contributed by atoms with van der Waals surface area (Å²) in [6, 6.07) is 18.7. The van der Waals surface area contributed by atoms with Crippen molar-refractivity contribution in [2.45, 2.75) is 19.8 Å². The number of nitrogens with zero attached hydrogens (tertiary/aromatic N) is 2. The van der Waals surface area contributed by atoms with Crippen molar-refractivity contribution in [2.75, 3.05) is 0 Å². The van der Waals surface area contributed by atoms with Gasteiger partial charge in [-0.3, -0.25) is 5.10 Å². The van der Waals surface area contributed by atoms with Crippen LogP contribution in [0.1, 0.15) is 17.0 Å². The van der Waals surface area contributed by atoms with Gasteiger partial charge in [-0.25, -0.2) is 4.98 Å². The van der Waals surface area contributed by atoms with Crippen LogP contribution in [0.5, 0.6) is 0 Å². The number of aromatic nitrogens is 3. The fourth-order valence-electron chi connectivity index (χ4n) is 2.14. The van der Waals surface area contributed by atoms with E-state index in [1.165, 1.54) is 11.1 Å². The van der Waals surface area contributed by atoms with Gasteiger partial charge in [-0.1, -0.05) is 60.2 Å².